The number of alkyl halides is 2. The Balaban J connectivity index is 1.34. The summed E-state index contributed by atoms with van der Waals surface area (Å²) in [6.45, 7) is 2.28. The normalized spacial score (nSPS) is 15.3. The standard InChI is InChI=1S/C18H24F2N6OS/c19-16(20)12-25-7-9-26(10-8-25)17(21)28-18(22)27-24-6-5-13-11-23-15-4-2-1-3-14(13)15/h1-4,11,16,21-24H,5-10,12H2. The van der Waals surface area contributed by atoms with Crippen LogP contribution in [0.3, 0.4) is 0 Å². The molecule has 0 spiro atoms. The first kappa shape index (κ1) is 20.6. The van der Waals surface area contributed by atoms with Crippen molar-refractivity contribution in [1.82, 2.24) is 20.3 Å². The average Bonchev–Trinajstić information content (AvgIpc) is 3.08. The van der Waals surface area contributed by atoms with E-state index in [2.05, 4.69) is 16.5 Å². The summed E-state index contributed by atoms with van der Waals surface area (Å²) in [6, 6.07) is 8.06. The summed E-state index contributed by atoms with van der Waals surface area (Å²) in [4.78, 5) is 11.9. The highest BCUT2D eigenvalue weighted by molar-refractivity contribution is 8.25. The van der Waals surface area contributed by atoms with Gasteiger partial charge < -0.3 is 14.7 Å². The van der Waals surface area contributed by atoms with Gasteiger partial charge in [0, 0.05) is 61.6 Å². The number of rotatable bonds is 6. The molecular weight excluding hydrogens is 386 g/mol. The molecular formula is C18H24F2N6OS. The largest absolute Gasteiger partial charge is 0.381 e. The Morgan fingerprint density at radius 3 is 2.71 bits per heavy atom. The third-order valence-electron chi connectivity index (χ3n) is 4.58. The van der Waals surface area contributed by atoms with Gasteiger partial charge in [-0.1, -0.05) is 18.2 Å². The van der Waals surface area contributed by atoms with E-state index in [9.17, 15) is 8.78 Å². The van der Waals surface area contributed by atoms with E-state index in [0.717, 1.165) is 23.7 Å². The molecule has 4 N–H and O–H groups in total. The summed E-state index contributed by atoms with van der Waals surface area (Å²) in [5.74, 6) is 0. The van der Waals surface area contributed by atoms with Crippen molar-refractivity contribution in [2.24, 2.45) is 0 Å². The fraction of sp³-hybridized carbons (Fsp3) is 0.444. The van der Waals surface area contributed by atoms with Crippen molar-refractivity contribution in [3.8, 4) is 0 Å². The SMILES string of the molecule is N=C(ONCCc1c[nH]c2ccccc12)SC(=N)N1CCN(CC(F)F)CC1. The molecule has 2 aromatic rings. The number of aromatic nitrogens is 1. The smallest absolute Gasteiger partial charge is 0.273 e. The van der Waals surface area contributed by atoms with Crippen LogP contribution in [0.4, 0.5) is 8.78 Å². The van der Waals surface area contributed by atoms with Gasteiger partial charge in [0.15, 0.2) is 5.17 Å². The van der Waals surface area contributed by atoms with Crippen molar-refractivity contribution in [2.75, 3.05) is 39.3 Å². The third-order valence-corrected chi connectivity index (χ3v) is 5.30. The quantitative estimate of drug-likeness (QED) is 0.254. The number of para-hydroxylation sites is 1. The third kappa shape index (κ3) is 5.66. The maximum Gasteiger partial charge on any atom is 0.273 e. The van der Waals surface area contributed by atoms with Gasteiger partial charge >= 0.3 is 0 Å². The van der Waals surface area contributed by atoms with Gasteiger partial charge in [-0.2, -0.15) is 5.48 Å². The average molecular weight is 410 g/mol. The number of halogens is 2. The zero-order chi connectivity index (χ0) is 19.9. The van der Waals surface area contributed by atoms with Gasteiger partial charge in [0.2, 0.25) is 0 Å². The molecule has 0 aliphatic carbocycles. The number of hydrogen-bond acceptors (Lipinski definition) is 6. The molecule has 1 saturated heterocycles. The van der Waals surface area contributed by atoms with E-state index in [1.54, 1.807) is 9.80 Å². The predicted molar refractivity (Wildman–Crippen MR) is 108 cm³/mol. The number of nitrogens with one attached hydrogen (secondary N) is 4. The van der Waals surface area contributed by atoms with Crippen molar-refractivity contribution in [1.29, 1.82) is 10.8 Å². The fourth-order valence-electron chi connectivity index (χ4n) is 3.14. The first-order valence-corrected chi connectivity index (χ1v) is 9.89. The Labute approximate surface area is 166 Å². The topological polar surface area (TPSA) is 91.2 Å². The molecule has 1 aromatic carbocycles. The molecule has 1 aliphatic rings. The first-order chi connectivity index (χ1) is 13.5. The lowest BCUT2D eigenvalue weighted by molar-refractivity contribution is 0.0701. The monoisotopic (exact) mass is 410 g/mol. The molecule has 1 aliphatic heterocycles. The molecule has 28 heavy (non-hydrogen) atoms. The highest BCUT2D eigenvalue weighted by Crippen LogP contribution is 2.18. The van der Waals surface area contributed by atoms with Crippen LogP contribution in [0.2, 0.25) is 0 Å². The lowest BCUT2D eigenvalue weighted by Crippen LogP contribution is -2.49. The van der Waals surface area contributed by atoms with Crippen LogP contribution in [0.1, 0.15) is 5.56 Å². The zero-order valence-corrected chi connectivity index (χ0v) is 16.2. The van der Waals surface area contributed by atoms with E-state index < -0.39 is 6.43 Å². The lowest BCUT2D eigenvalue weighted by Gasteiger charge is -2.35. The van der Waals surface area contributed by atoms with Crippen LogP contribution in [-0.4, -0.2) is 70.9 Å². The molecule has 7 nitrogen and oxygen atoms in total. The number of thioether (sulfide) groups is 1. The van der Waals surface area contributed by atoms with Crippen LogP contribution in [0, 0.1) is 10.8 Å². The maximum absolute atomic E-state index is 12.4. The zero-order valence-electron chi connectivity index (χ0n) is 15.4. The maximum atomic E-state index is 12.4. The summed E-state index contributed by atoms with van der Waals surface area (Å²) in [5, 5.41) is 17.2. The molecule has 0 radical (unpaired) electrons. The first-order valence-electron chi connectivity index (χ1n) is 9.08. The molecule has 0 bridgehead atoms. The second kappa shape index (κ2) is 9.85. The van der Waals surface area contributed by atoms with Crippen molar-refractivity contribution in [3.05, 3.63) is 36.0 Å². The Morgan fingerprint density at radius 2 is 1.96 bits per heavy atom. The summed E-state index contributed by atoms with van der Waals surface area (Å²) in [6.07, 6.45) is 0.374. The number of hydrogen-bond donors (Lipinski definition) is 4. The Morgan fingerprint density at radius 1 is 1.21 bits per heavy atom. The molecule has 3 rings (SSSR count). The molecule has 0 unspecified atom stereocenters. The summed E-state index contributed by atoms with van der Waals surface area (Å²) in [5.41, 5.74) is 5.01. The van der Waals surface area contributed by atoms with Crippen molar-refractivity contribution in [2.45, 2.75) is 12.8 Å². The summed E-state index contributed by atoms with van der Waals surface area (Å²) in [7, 11) is 0. The molecule has 152 valence electrons. The van der Waals surface area contributed by atoms with E-state index in [-0.39, 0.29) is 16.9 Å². The number of amidine groups is 1. The number of fused-ring (bicyclic) bond motifs is 1. The van der Waals surface area contributed by atoms with Crippen LogP contribution >= 0.6 is 11.8 Å². The minimum absolute atomic E-state index is 0.112. The number of H-pyrrole nitrogens is 1. The van der Waals surface area contributed by atoms with Crippen LogP contribution in [0.5, 0.6) is 0 Å². The minimum Gasteiger partial charge on any atom is -0.381 e. The van der Waals surface area contributed by atoms with Gasteiger partial charge in [-0.25, -0.2) is 8.78 Å². The van der Waals surface area contributed by atoms with Gasteiger partial charge in [-0.05, 0) is 18.1 Å². The van der Waals surface area contributed by atoms with Crippen LogP contribution in [0.25, 0.3) is 10.9 Å². The van der Waals surface area contributed by atoms with E-state index in [0.29, 0.717) is 32.7 Å². The van der Waals surface area contributed by atoms with Crippen LogP contribution in [0.15, 0.2) is 30.5 Å². The second-order valence-electron chi connectivity index (χ2n) is 6.48. The van der Waals surface area contributed by atoms with E-state index in [1.165, 1.54) is 10.9 Å². The van der Waals surface area contributed by atoms with Gasteiger partial charge in [0.1, 0.15) is 0 Å². The number of aromatic amines is 1. The molecule has 1 aromatic heterocycles. The van der Waals surface area contributed by atoms with Crippen LogP contribution < -0.4 is 5.48 Å². The molecule has 0 saturated carbocycles. The summed E-state index contributed by atoms with van der Waals surface area (Å²) < 4.78 is 24.8. The highest BCUT2D eigenvalue weighted by Gasteiger charge is 2.22. The van der Waals surface area contributed by atoms with Crippen molar-refractivity contribution >= 4 is 33.1 Å². The molecule has 1 fully saturated rings. The number of benzene rings is 1. The van der Waals surface area contributed by atoms with Crippen molar-refractivity contribution < 1.29 is 13.6 Å². The molecule has 0 amide bonds. The van der Waals surface area contributed by atoms with Gasteiger partial charge in [-0.15, -0.1) is 0 Å². The Bertz CT molecular complexity index is 806. The van der Waals surface area contributed by atoms with Crippen molar-refractivity contribution in [3.63, 3.8) is 0 Å². The summed E-state index contributed by atoms with van der Waals surface area (Å²) >= 11 is 0.907. The van der Waals surface area contributed by atoms with Gasteiger partial charge in [-0.3, -0.25) is 15.7 Å². The molecule has 10 heteroatoms. The van der Waals surface area contributed by atoms with E-state index >= 15 is 0 Å². The van der Waals surface area contributed by atoms with Gasteiger partial charge in [0.25, 0.3) is 11.7 Å². The second-order valence-corrected chi connectivity index (χ2v) is 7.44. The number of hydroxylamine groups is 1. The number of nitrogens with zero attached hydrogens (tertiary/aromatic N) is 2. The molecule has 2 heterocycles. The van der Waals surface area contributed by atoms with Gasteiger partial charge in [0.05, 0.1) is 6.54 Å². The number of piperazine rings is 1. The highest BCUT2D eigenvalue weighted by atomic mass is 32.2. The minimum atomic E-state index is -2.34. The Kier molecular flexibility index (Phi) is 7.24. The fourth-order valence-corrected chi connectivity index (χ4v) is 3.73. The van der Waals surface area contributed by atoms with Crippen LogP contribution in [-0.2, 0) is 11.3 Å². The lowest BCUT2D eigenvalue weighted by atomic mass is 10.1. The van der Waals surface area contributed by atoms with E-state index in [4.69, 9.17) is 15.7 Å². The predicted octanol–water partition coefficient (Wildman–Crippen LogP) is 2.72. The Hall–Kier alpha value is -2.17. The van der Waals surface area contributed by atoms with E-state index in [1.807, 2.05) is 24.4 Å². The molecule has 0 atom stereocenters.